The molecule has 4 rings (SSSR count). The highest BCUT2D eigenvalue weighted by molar-refractivity contribution is 6.08. The van der Waals surface area contributed by atoms with Gasteiger partial charge in [0.15, 0.2) is 6.61 Å². The van der Waals surface area contributed by atoms with E-state index in [0.29, 0.717) is 12.3 Å². The lowest BCUT2D eigenvalue weighted by molar-refractivity contribution is -0.123. The van der Waals surface area contributed by atoms with Gasteiger partial charge in [-0.05, 0) is 23.8 Å². The number of ether oxygens (including phenoxy) is 1. The molecule has 0 atom stereocenters. The summed E-state index contributed by atoms with van der Waals surface area (Å²) in [4.78, 5) is 12.0. The van der Waals surface area contributed by atoms with Crippen LogP contribution in [-0.2, 0) is 18.4 Å². The number of amides is 1. The highest BCUT2D eigenvalue weighted by Gasteiger charge is 2.09. The van der Waals surface area contributed by atoms with Crippen LogP contribution in [0.4, 0.5) is 0 Å². The fourth-order valence-corrected chi connectivity index (χ4v) is 3.23. The second-order valence-electron chi connectivity index (χ2n) is 6.31. The van der Waals surface area contributed by atoms with E-state index in [0.717, 1.165) is 11.1 Å². The van der Waals surface area contributed by atoms with Crippen molar-refractivity contribution >= 4 is 27.7 Å². The topological polar surface area (TPSA) is 43.3 Å². The molecule has 130 valence electrons. The molecule has 0 bridgehead atoms. The molecule has 1 aromatic heterocycles. The molecule has 1 N–H and O–H groups in total. The van der Waals surface area contributed by atoms with Gasteiger partial charge in [-0.1, -0.05) is 48.5 Å². The Labute approximate surface area is 152 Å². The second-order valence-corrected chi connectivity index (χ2v) is 6.31. The van der Waals surface area contributed by atoms with Crippen molar-refractivity contribution in [1.29, 1.82) is 0 Å². The van der Waals surface area contributed by atoms with Crippen molar-refractivity contribution < 1.29 is 9.53 Å². The van der Waals surface area contributed by atoms with E-state index in [-0.39, 0.29) is 12.5 Å². The van der Waals surface area contributed by atoms with Gasteiger partial charge in [0.1, 0.15) is 5.75 Å². The molecule has 0 spiro atoms. The van der Waals surface area contributed by atoms with Gasteiger partial charge in [-0.25, -0.2) is 0 Å². The zero-order valence-corrected chi connectivity index (χ0v) is 14.6. The Morgan fingerprint density at radius 3 is 2.50 bits per heavy atom. The van der Waals surface area contributed by atoms with Crippen molar-refractivity contribution in [3.05, 3.63) is 78.4 Å². The van der Waals surface area contributed by atoms with E-state index < -0.39 is 0 Å². The number of rotatable bonds is 5. The third-order valence-corrected chi connectivity index (χ3v) is 4.59. The third kappa shape index (κ3) is 3.14. The first-order valence-electron chi connectivity index (χ1n) is 8.63. The van der Waals surface area contributed by atoms with Gasteiger partial charge in [-0.15, -0.1) is 0 Å². The van der Waals surface area contributed by atoms with E-state index in [9.17, 15) is 4.79 Å². The maximum Gasteiger partial charge on any atom is 0.258 e. The molecule has 0 aliphatic carbocycles. The summed E-state index contributed by atoms with van der Waals surface area (Å²) in [5.74, 6) is 0.559. The molecule has 0 fully saturated rings. The summed E-state index contributed by atoms with van der Waals surface area (Å²) in [5.41, 5.74) is 3.34. The molecule has 4 nitrogen and oxygen atoms in total. The zero-order chi connectivity index (χ0) is 17.9. The summed E-state index contributed by atoms with van der Waals surface area (Å²) in [6.45, 7) is 0.507. The van der Waals surface area contributed by atoms with Gasteiger partial charge in [0.2, 0.25) is 0 Å². The molecule has 1 amide bonds. The third-order valence-electron chi connectivity index (χ3n) is 4.59. The Morgan fingerprint density at radius 1 is 0.923 bits per heavy atom. The molecule has 3 aromatic carbocycles. The number of carbonyl (C=O) groups excluding carboxylic acids is 1. The average Bonchev–Trinajstić information content (AvgIpc) is 2.98. The molecule has 0 unspecified atom stereocenters. The van der Waals surface area contributed by atoms with Gasteiger partial charge in [0, 0.05) is 35.9 Å². The van der Waals surface area contributed by atoms with Crippen LogP contribution in [-0.4, -0.2) is 17.1 Å². The zero-order valence-electron chi connectivity index (χ0n) is 14.6. The normalized spacial score (nSPS) is 11.0. The quantitative estimate of drug-likeness (QED) is 0.594. The lowest BCUT2D eigenvalue weighted by atomic mass is 10.1. The van der Waals surface area contributed by atoms with E-state index in [2.05, 4.69) is 28.1 Å². The number of nitrogens with one attached hydrogen (secondary N) is 1. The van der Waals surface area contributed by atoms with Crippen LogP contribution in [0.25, 0.3) is 21.8 Å². The molecule has 0 radical (unpaired) electrons. The second kappa shape index (κ2) is 6.92. The number of aryl methyl sites for hydroxylation is 1. The van der Waals surface area contributed by atoms with Crippen LogP contribution in [0, 0.1) is 0 Å². The van der Waals surface area contributed by atoms with Crippen molar-refractivity contribution in [2.24, 2.45) is 7.05 Å². The maximum atomic E-state index is 12.0. The Kier molecular flexibility index (Phi) is 4.32. The minimum atomic E-state index is -0.133. The average molecular weight is 344 g/mol. The van der Waals surface area contributed by atoms with Crippen LogP contribution in [0.5, 0.6) is 5.75 Å². The van der Waals surface area contributed by atoms with Gasteiger partial charge in [0.05, 0.1) is 5.52 Å². The molecular formula is C22H20N2O2. The number of hydrogen-bond acceptors (Lipinski definition) is 2. The van der Waals surface area contributed by atoms with Crippen molar-refractivity contribution in [3.63, 3.8) is 0 Å². The molecule has 4 heteroatoms. The number of nitrogens with zero attached hydrogens (tertiary/aromatic N) is 1. The summed E-state index contributed by atoms with van der Waals surface area (Å²) < 4.78 is 7.84. The smallest absolute Gasteiger partial charge is 0.258 e. The van der Waals surface area contributed by atoms with Crippen LogP contribution in [0.1, 0.15) is 5.56 Å². The minimum absolute atomic E-state index is 0.00226. The monoisotopic (exact) mass is 344 g/mol. The Morgan fingerprint density at radius 2 is 1.65 bits per heavy atom. The molecule has 26 heavy (non-hydrogen) atoms. The first-order chi connectivity index (χ1) is 12.7. The van der Waals surface area contributed by atoms with E-state index >= 15 is 0 Å². The van der Waals surface area contributed by atoms with E-state index in [1.54, 1.807) is 0 Å². The Hall–Kier alpha value is -3.27. The fraction of sp³-hybridized carbons (Fsp3) is 0.136. The van der Waals surface area contributed by atoms with Crippen LogP contribution in [0.2, 0.25) is 0 Å². The highest BCUT2D eigenvalue weighted by Crippen LogP contribution is 2.30. The standard InChI is InChI=1S/C22H20N2O2/c1-24-20-10-6-5-9-18(20)19-12-11-17(13-21(19)24)26-15-22(25)23-14-16-7-3-2-4-8-16/h2-13H,14-15H2,1H3,(H,23,25). The minimum Gasteiger partial charge on any atom is -0.484 e. The number of benzene rings is 3. The molecule has 0 saturated heterocycles. The molecule has 0 saturated carbocycles. The first kappa shape index (κ1) is 16.2. The number of para-hydroxylation sites is 1. The van der Waals surface area contributed by atoms with E-state index in [1.165, 1.54) is 16.3 Å². The summed E-state index contributed by atoms with van der Waals surface area (Å²) >= 11 is 0. The molecular weight excluding hydrogens is 324 g/mol. The van der Waals surface area contributed by atoms with Crippen molar-refractivity contribution in [3.8, 4) is 5.75 Å². The van der Waals surface area contributed by atoms with Gasteiger partial charge in [-0.3, -0.25) is 4.79 Å². The van der Waals surface area contributed by atoms with Crippen LogP contribution >= 0.6 is 0 Å². The summed E-state index contributed by atoms with van der Waals surface area (Å²) in [7, 11) is 2.04. The number of fused-ring (bicyclic) bond motifs is 3. The molecule has 1 heterocycles. The van der Waals surface area contributed by atoms with Gasteiger partial charge in [-0.2, -0.15) is 0 Å². The summed E-state index contributed by atoms with van der Waals surface area (Å²) in [6, 6.07) is 24.1. The van der Waals surface area contributed by atoms with Crippen molar-refractivity contribution in [1.82, 2.24) is 9.88 Å². The molecule has 4 aromatic rings. The Bertz CT molecular complexity index is 1070. The van der Waals surface area contributed by atoms with Crippen LogP contribution in [0.3, 0.4) is 0 Å². The van der Waals surface area contributed by atoms with Crippen molar-refractivity contribution in [2.45, 2.75) is 6.54 Å². The Balaban J connectivity index is 1.45. The number of hydrogen-bond donors (Lipinski definition) is 1. The highest BCUT2D eigenvalue weighted by atomic mass is 16.5. The lowest BCUT2D eigenvalue weighted by Crippen LogP contribution is -2.28. The van der Waals surface area contributed by atoms with Gasteiger partial charge < -0.3 is 14.6 Å². The van der Waals surface area contributed by atoms with Crippen LogP contribution < -0.4 is 10.1 Å². The van der Waals surface area contributed by atoms with E-state index in [1.807, 2.05) is 61.6 Å². The molecule has 0 aliphatic rings. The molecule has 0 aliphatic heterocycles. The number of carbonyl (C=O) groups is 1. The van der Waals surface area contributed by atoms with Gasteiger partial charge in [0.25, 0.3) is 5.91 Å². The SMILES string of the molecule is Cn1c2ccccc2c2ccc(OCC(=O)NCc3ccccc3)cc21. The summed E-state index contributed by atoms with van der Waals surface area (Å²) in [5, 5.41) is 5.27. The largest absolute Gasteiger partial charge is 0.484 e. The van der Waals surface area contributed by atoms with Gasteiger partial charge >= 0.3 is 0 Å². The van der Waals surface area contributed by atoms with Crippen molar-refractivity contribution in [2.75, 3.05) is 6.61 Å². The maximum absolute atomic E-state index is 12.0. The lowest BCUT2D eigenvalue weighted by Gasteiger charge is -2.08. The van der Waals surface area contributed by atoms with Crippen LogP contribution in [0.15, 0.2) is 72.8 Å². The van der Waals surface area contributed by atoms with E-state index in [4.69, 9.17) is 4.74 Å². The summed E-state index contributed by atoms with van der Waals surface area (Å²) in [6.07, 6.45) is 0. The predicted octanol–water partition coefficient (Wildman–Crippen LogP) is 4.03. The first-order valence-corrected chi connectivity index (χ1v) is 8.63. The fourth-order valence-electron chi connectivity index (χ4n) is 3.23. The number of aromatic nitrogens is 1. The predicted molar refractivity (Wildman–Crippen MR) is 104 cm³/mol.